The monoisotopic (exact) mass is 252 g/mol. The standard InChI is InChI=1S/C14H21FN2O/c1-16-9-12-6-13(15)8-14(7-12)17-4-2-11(10-18)3-5-17/h6-8,11,16,18H,2-5,9-10H2,1H3. The van der Waals surface area contributed by atoms with Crippen LogP contribution in [-0.2, 0) is 6.54 Å². The SMILES string of the molecule is CNCc1cc(F)cc(N2CCC(CO)CC2)c1. The summed E-state index contributed by atoms with van der Waals surface area (Å²) in [6.07, 6.45) is 1.96. The van der Waals surface area contributed by atoms with Gasteiger partial charge >= 0.3 is 0 Å². The van der Waals surface area contributed by atoms with E-state index < -0.39 is 0 Å². The smallest absolute Gasteiger partial charge is 0.125 e. The maximum absolute atomic E-state index is 13.6. The zero-order valence-corrected chi connectivity index (χ0v) is 10.8. The van der Waals surface area contributed by atoms with Gasteiger partial charge in [-0.3, -0.25) is 0 Å². The molecule has 0 saturated carbocycles. The van der Waals surface area contributed by atoms with Crippen LogP contribution in [-0.4, -0.2) is 31.9 Å². The van der Waals surface area contributed by atoms with Crippen molar-refractivity contribution in [3.8, 4) is 0 Å². The van der Waals surface area contributed by atoms with Gasteiger partial charge in [-0.15, -0.1) is 0 Å². The highest BCUT2D eigenvalue weighted by molar-refractivity contribution is 5.49. The van der Waals surface area contributed by atoms with Gasteiger partial charge in [0.1, 0.15) is 5.82 Å². The minimum absolute atomic E-state index is 0.179. The van der Waals surface area contributed by atoms with Crippen LogP contribution >= 0.6 is 0 Å². The maximum Gasteiger partial charge on any atom is 0.125 e. The third-order valence-corrected chi connectivity index (χ3v) is 3.56. The number of rotatable bonds is 4. The number of hydrogen-bond acceptors (Lipinski definition) is 3. The topological polar surface area (TPSA) is 35.5 Å². The Kier molecular flexibility index (Phi) is 4.55. The lowest BCUT2D eigenvalue weighted by Crippen LogP contribution is -2.34. The highest BCUT2D eigenvalue weighted by Gasteiger charge is 2.19. The minimum Gasteiger partial charge on any atom is -0.396 e. The molecule has 1 aliphatic rings. The van der Waals surface area contributed by atoms with E-state index in [0.717, 1.165) is 37.2 Å². The Labute approximate surface area is 108 Å². The van der Waals surface area contributed by atoms with E-state index in [1.807, 2.05) is 13.1 Å². The van der Waals surface area contributed by atoms with E-state index in [9.17, 15) is 4.39 Å². The molecular formula is C14H21FN2O. The van der Waals surface area contributed by atoms with Crippen molar-refractivity contribution in [1.29, 1.82) is 0 Å². The molecule has 2 rings (SSSR count). The van der Waals surface area contributed by atoms with Crippen molar-refractivity contribution >= 4 is 5.69 Å². The van der Waals surface area contributed by atoms with E-state index >= 15 is 0 Å². The second-order valence-corrected chi connectivity index (χ2v) is 4.96. The molecule has 1 aromatic carbocycles. The van der Waals surface area contributed by atoms with E-state index in [4.69, 9.17) is 5.11 Å². The van der Waals surface area contributed by atoms with Crippen molar-refractivity contribution in [2.45, 2.75) is 19.4 Å². The van der Waals surface area contributed by atoms with Crippen LogP contribution in [0.15, 0.2) is 18.2 Å². The summed E-state index contributed by atoms with van der Waals surface area (Å²) in [7, 11) is 1.86. The molecule has 1 saturated heterocycles. The number of benzene rings is 1. The molecule has 0 atom stereocenters. The lowest BCUT2D eigenvalue weighted by Gasteiger charge is -2.33. The van der Waals surface area contributed by atoms with Crippen LogP contribution in [0, 0.1) is 11.7 Å². The van der Waals surface area contributed by atoms with Gasteiger partial charge in [-0.05, 0) is 49.6 Å². The summed E-state index contributed by atoms with van der Waals surface area (Å²) in [6, 6.07) is 5.21. The number of nitrogens with one attached hydrogen (secondary N) is 1. The molecule has 3 nitrogen and oxygen atoms in total. The first kappa shape index (κ1) is 13.3. The van der Waals surface area contributed by atoms with Crippen molar-refractivity contribution in [2.75, 3.05) is 31.6 Å². The van der Waals surface area contributed by atoms with Gasteiger partial charge in [0.15, 0.2) is 0 Å². The van der Waals surface area contributed by atoms with Crippen LogP contribution in [0.3, 0.4) is 0 Å². The normalized spacial score (nSPS) is 17.2. The summed E-state index contributed by atoms with van der Waals surface area (Å²) in [6.45, 7) is 2.74. The maximum atomic E-state index is 13.6. The molecule has 1 fully saturated rings. The molecule has 1 aliphatic heterocycles. The predicted molar refractivity (Wildman–Crippen MR) is 71.2 cm³/mol. The van der Waals surface area contributed by atoms with Gasteiger partial charge in [0.2, 0.25) is 0 Å². The summed E-state index contributed by atoms with van der Waals surface area (Å²) >= 11 is 0. The van der Waals surface area contributed by atoms with Crippen LogP contribution in [0.4, 0.5) is 10.1 Å². The molecule has 0 unspecified atom stereocenters. The number of aliphatic hydroxyl groups excluding tert-OH is 1. The molecule has 4 heteroatoms. The molecule has 0 aliphatic carbocycles. The summed E-state index contributed by atoms with van der Waals surface area (Å²) in [5.74, 6) is 0.230. The molecule has 1 heterocycles. The Morgan fingerprint density at radius 3 is 2.67 bits per heavy atom. The lowest BCUT2D eigenvalue weighted by atomic mass is 9.97. The van der Waals surface area contributed by atoms with E-state index in [2.05, 4.69) is 10.2 Å². The number of aliphatic hydroxyl groups is 1. The summed E-state index contributed by atoms with van der Waals surface area (Å²) < 4.78 is 13.6. The summed E-state index contributed by atoms with van der Waals surface area (Å²) in [5.41, 5.74) is 1.92. The number of halogens is 1. The first-order valence-electron chi connectivity index (χ1n) is 6.53. The third kappa shape index (κ3) is 3.21. The largest absolute Gasteiger partial charge is 0.396 e. The minimum atomic E-state index is -0.179. The highest BCUT2D eigenvalue weighted by atomic mass is 19.1. The fourth-order valence-corrected chi connectivity index (χ4v) is 2.50. The number of piperidine rings is 1. The van der Waals surface area contributed by atoms with Crippen LogP contribution < -0.4 is 10.2 Å². The second-order valence-electron chi connectivity index (χ2n) is 4.96. The second kappa shape index (κ2) is 6.16. The Morgan fingerprint density at radius 1 is 1.33 bits per heavy atom. The van der Waals surface area contributed by atoms with Crippen molar-refractivity contribution in [2.24, 2.45) is 5.92 Å². The molecule has 100 valence electrons. The molecule has 0 radical (unpaired) electrons. The molecule has 0 bridgehead atoms. The van der Waals surface area contributed by atoms with Crippen LogP contribution in [0.5, 0.6) is 0 Å². The Bertz CT molecular complexity index is 389. The fraction of sp³-hybridized carbons (Fsp3) is 0.571. The average Bonchev–Trinajstić information content (AvgIpc) is 2.38. The van der Waals surface area contributed by atoms with Gasteiger partial charge in [-0.1, -0.05) is 0 Å². The van der Waals surface area contributed by atoms with Gasteiger partial charge in [0.25, 0.3) is 0 Å². The fourth-order valence-electron chi connectivity index (χ4n) is 2.50. The van der Waals surface area contributed by atoms with E-state index in [0.29, 0.717) is 12.5 Å². The molecule has 18 heavy (non-hydrogen) atoms. The number of nitrogens with zero attached hydrogens (tertiary/aromatic N) is 1. The Hall–Kier alpha value is -1.13. The van der Waals surface area contributed by atoms with E-state index in [1.165, 1.54) is 0 Å². The van der Waals surface area contributed by atoms with Gasteiger partial charge in [0, 0.05) is 31.9 Å². The van der Waals surface area contributed by atoms with Crippen molar-refractivity contribution in [3.63, 3.8) is 0 Å². The number of anilines is 1. The molecule has 0 amide bonds. The molecule has 1 aromatic rings. The summed E-state index contributed by atoms with van der Waals surface area (Å²) in [4.78, 5) is 2.20. The van der Waals surface area contributed by atoms with Gasteiger partial charge in [-0.2, -0.15) is 0 Å². The first-order chi connectivity index (χ1) is 8.72. The molecule has 2 N–H and O–H groups in total. The van der Waals surface area contributed by atoms with Gasteiger partial charge in [0.05, 0.1) is 0 Å². The lowest BCUT2D eigenvalue weighted by molar-refractivity contribution is 0.203. The van der Waals surface area contributed by atoms with Crippen LogP contribution in [0.2, 0.25) is 0 Å². The van der Waals surface area contributed by atoms with E-state index in [1.54, 1.807) is 12.1 Å². The zero-order valence-electron chi connectivity index (χ0n) is 10.8. The van der Waals surface area contributed by atoms with Crippen molar-refractivity contribution in [1.82, 2.24) is 5.32 Å². The average molecular weight is 252 g/mol. The summed E-state index contributed by atoms with van der Waals surface area (Å²) in [5, 5.41) is 12.2. The van der Waals surface area contributed by atoms with Crippen LogP contribution in [0.25, 0.3) is 0 Å². The van der Waals surface area contributed by atoms with Crippen LogP contribution in [0.1, 0.15) is 18.4 Å². The highest BCUT2D eigenvalue weighted by Crippen LogP contribution is 2.24. The molecular weight excluding hydrogens is 231 g/mol. The quantitative estimate of drug-likeness (QED) is 0.857. The Balaban J connectivity index is 2.08. The van der Waals surface area contributed by atoms with E-state index in [-0.39, 0.29) is 12.4 Å². The molecule has 0 aromatic heterocycles. The predicted octanol–water partition coefficient (Wildman–Crippen LogP) is 1.75. The van der Waals surface area contributed by atoms with Gasteiger partial charge in [-0.25, -0.2) is 4.39 Å². The van der Waals surface area contributed by atoms with Crippen molar-refractivity contribution < 1.29 is 9.50 Å². The first-order valence-corrected chi connectivity index (χ1v) is 6.53. The van der Waals surface area contributed by atoms with Gasteiger partial charge < -0.3 is 15.3 Å². The van der Waals surface area contributed by atoms with Crippen molar-refractivity contribution in [3.05, 3.63) is 29.6 Å². The Morgan fingerprint density at radius 2 is 2.06 bits per heavy atom. The third-order valence-electron chi connectivity index (χ3n) is 3.56. The molecule has 0 spiro atoms. The number of hydrogen-bond donors (Lipinski definition) is 2. The zero-order chi connectivity index (χ0) is 13.0.